The molecule has 0 atom stereocenters. The zero-order chi connectivity index (χ0) is 14.5. The second kappa shape index (κ2) is 7.17. The van der Waals surface area contributed by atoms with Crippen LogP contribution in [0.2, 0.25) is 0 Å². The molecule has 1 rings (SSSR count). The maximum Gasteiger partial charge on any atom is 0.235 e. The number of carbonyl (C=O) groups excluding carboxylic acids is 1. The molecule has 0 heterocycles. The van der Waals surface area contributed by atoms with E-state index < -0.39 is 5.41 Å². The number of hydrogen-bond acceptors (Lipinski definition) is 4. The van der Waals surface area contributed by atoms with Gasteiger partial charge in [-0.2, -0.15) is 0 Å². The van der Waals surface area contributed by atoms with E-state index in [1.54, 1.807) is 19.1 Å². The number of hydrogen-bond donors (Lipinski definition) is 1. The molecule has 0 aliphatic heterocycles. The summed E-state index contributed by atoms with van der Waals surface area (Å²) < 4.78 is 10.1. The second-order valence-corrected chi connectivity index (χ2v) is 5.68. The molecule has 0 aromatic rings. The van der Waals surface area contributed by atoms with E-state index in [2.05, 4.69) is 6.92 Å². The van der Waals surface area contributed by atoms with E-state index in [1.807, 2.05) is 0 Å². The Kier molecular flexibility index (Phi) is 6.16. The van der Waals surface area contributed by atoms with Crippen molar-refractivity contribution in [3.8, 4) is 0 Å². The molecule has 2 N–H and O–H groups in total. The summed E-state index contributed by atoms with van der Waals surface area (Å²) in [4.78, 5) is 14.8. The summed E-state index contributed by atoms with van der Waals surface area (Å²) >= 11 is 5.12. The van der Waals surface area contributed by atoms with Gasteiger partial charge in [-0.1, -0.05) is 19.1 Å². The smallest absolute Gasteiger partial charge is 0.235 e. The Hall–Kier alpha value is -0.720. The lowest BCUT2D eigenvalue weighted by molar-refractivity contribution is -0.145. The Morgan fingerprint density at radius 2 is 1.79 bits per heavy atom. The predicted octanol–water partition coefficient (Wildman–Crippen LogP) is 0.810. The topological polar surface area (TPSA) is 64.8 Å². The van der Waals surface area contributed by atoms with E-state index in [9.17, 15) is 4.79 Å². The van der Waals surface area contributed by atoms with Crippen molar-refractivity contribution >= 4 is 23.1 Å². The third-order valence-electron chi connectivity index (χ3n) is 3.69. The van der Waals surface area contributed by atoms with Crippen LogP contribution in [0.1, 0.15) is 19.8 Å². The number of rotatable bonds is 8. The Bertz CT molecular complexity index is 322. The minimum atomic E-state index is -0.643. The minimum Gasteiger partial charge on any atom is -0.392 e. The Labute approximate surface area is 120 Å². The van der Waals surface area contributed by atoms with Crippen LogP contribution >= 0.6 is 12.2 Å². The number of carbonyl (C=O) groups is 1. The first-order chi connectivity index (χ1) is 8.97. The highest BCUT2D eigenvalue weighted by Gasteiger charge is 2.52. The van der Waals surface area contributed by atoms with Gasteiger partial charge in [0.15, 0.2) is 0 Å². The zero-order valence-electron chi connectivity index (χ0n) is 12.0. The van der Waals surface area contributed by atoms with Crippen LogP contribution in [0.3, 0.4) is 0 Å². The molecule has 0 unspecified atom stereocenters. The highest BCUT2D eigenvalue weighted by Crippen LogP contribution is 2.47. The van der Waals surface area contributed by atoms with E-state index in [4.69, 9.17) is 27.4 Å². The van der Waals surface area contributed by atoms with Crippen LogP contribution in [0.15, 0.2) is 0 Å². The van der Waals surface area contributed by atoms with Gasteiger partial charge in [-0.3, -0.25) is 4.79 Å². The molecule has 0 radical (unpaired) electrons. The summed E-state index contributed by atoms with van der Waals surface area (Å²) in [5.41, 5.74) is 5.17. The summed E-state index contributed by atoms with van der Waals surface area (Å²) in [7, 11) is 3.24. The highest BCUT2D eigenvalue weighted by molar-refractivity contribution is 7.80. The number of amides is 1. The van der Waals surface area contributed by atoms with Crippen molar-refractivity contribution in [2.24, 2.45) is 17.1 Å². The van der Waals surface area contributed by atoms with Gasteiger partial charge >= 0.3 is 0 Å². The first-order valence-corrected chi connectivity index (χ1v) is 6.96. The van der Waals surface area contributed by atoms with Crippen molar-refractivity contribution in [2.75, 3.05) is 40.5 Å². The van der Waals surface area contributed by atoms with Crippen molar-refractivity contribution < 1.29 is 14.3 Å². The SMILES string of the molecule is COCCN(CCOC)C(=O)C1(C(N)=S)CC(C)C1. The Morgan fingerprint density at radius 1 is 1.32 bits per heavy atom. The Morgan fingerprint density at radius 3 is 2.11 bits per heavy atom. The maximum atomic E-state index is 12.7. The van der Waals surface area contributed by atoms with Gasteiger partial charge in [0.25, 0.3) is 0 Å². The summed E-state index contributed by atoms with van der Waals surface area (Å²) in [6.07, 6.45) is 1.50. The fourth-order valence-electron chi connectivity index (χ4n) is 2.63. The highest BCUT2D eigenvalue weighted by atomic mass is 32.1. The average molecular weight is 288 g/mol. The fourth-order valence-corrected chi connectivity index (χ4v) is 2.89. The molecule has 0 aromatic carbocycles. The summed E-state index contributed by atoms with van der Waals surface area (Å²) in [6, 6.07) is 0. The molecular formula is C13H24N2O3S. The minimum absolute atomic E-state index is 0.0206. The lowest BCUT2D eigenvalue weighted by atomic mass is 9.61. The standard InChI is InChI=1S/C13H24N2O3S/c1-10-8-13(9-10,11(14)19)12(16)15(4-6-17-2)5-7-18-3/h10H,4-9H2,1-3H3,(H2,14,19). The first-order valence-electron chi connectivity index (χ1n) is 6.55. The predicted molar refractivity (Wildman–Crippen MR) is 77.9 cm³/mol. The average Bonchev–Trinajstić information content (AvgIpc) is 2.33. The monoisotopic (exact) mass is 288 g/mol. The molecule has 1 fully saturated rings. The summed E-state index contributed by atoms with van der Waals surface area (Å²) in [5, 5.41) is 0. The zero-order valence-corrected chi connectivity index (χ0v) is 12.8. The van der Waals surface area contributed by atoms with Gasteiger partial charge in [0, 0.05) is 27.3 Å². The molecule has 110 valence electrons. The quantitative estimate of drug-likeness (QED) is 0.670. The second-order valence-electron chi connectivity index (χ2n) is 5.24. The van der Waals surface area contributed by atoms with Gasteiger partial charge in [-0.05, 0) is 18.8 Å². The molecule has 0 spiro atoms. The van der Waals surface area contributed by atoms with Gasteiger partial charge in [-0.15, -0.1) is 0 Å². The van der Waals surface area contributed by atoms with Gasteiger partial charge in [-0.25, -0.2) is 0 Å². The largest absolute Gasteiger partial charge is 0.392 e. The number of nitrogens with zero attached hydrogens (tertiary/aromatic N) is 1. The molecule has 0 bridgehead atoms. The van der Waals surface area contributed by atoms with Crippen LogP contribution in [-0.2, 0) is 14.3 Å². The number of thiocarbonyl (C=S) groups is 1. The van der Waals surface area contributed by atoms with Gasteiger partial charge in [0.2, 0.25) is 5.91 Å². The molecule has 6 heteroatoms. The van der Waals surface area contributed by atoms with Crippen LogP contribution in [0.25, 0.3) is 0 Å². The van der Waals surface area contributed by atoms with Gasteiger partial charge in [0.1, 0.15) is 0 Å². The molecule has 1 aliphatic rings. The van der Waals surface area contributed by atoms with E-state index in [1.165, 1.54) is 0 Å². The normalized spacial score (nSPS) is 25.7. The van der Waals surface area contributed by atoms with E-state index >= 15 is 0 Å². The number of methoxy groups -OCH3 is 2. The van der Waals surface area contributed by atoms with Crippen molar-refractivity contribution in [1.82, 2.24) is 4.90 Å². The molecule has 1 aliphatic carbocycles. The van der Waals surface area contributed by atoms with Crippen molar-refractivity contribution in [3.63, 3.8) is 0 Å². The van der Waals surface area contributed by atoms with Crippen molar-refractivity contribution in [1.29, 1.82) is 0 Å². The lowest BCUT2D eigenvalue weighted by Crippen LogP contribution is -2.57. The molecule has 0 saturated heterocycles. The molecule has 1 amide bonds. The van der Waals surface area contributed by atoms with Crippen LogP contribution in [0, 0.1) is 11.3 Å². The number of nitrogens with two attached hydrogens (primary N) is 1. The Balaban J connectivity index is 2.75. The molecule has 5 nitrogen and oxygen atoms in total. The molecular weight excluding hydrogens is 264 g/mol. The number of ether oxygens (including phenoxy) is 2. The summed E-state index contributed by atoms with van der Waals surface area (Å²) in [5.74, 6) is 0.518. The third kappa shape index (κ3) is 3.64. The van der Waals surface area contributed by atoms with E-state index in [-0.39, 0.29) is 5.91 Å². The maximum absolute atomic E-state index is 12.7. The van der Waals surface area contributed by atoms with Gasteiger partial charge < -0.3 is 20.1 Å². The van der Waals surface area contributed by atoms with Crippen LogP contribution < -0.4 is 5.73 Å². The van der Waals surface area contributed by atoms with Gasteiger partial charge in [0.05, 0.1) is 23.6 Å². The molecule has 19 heavy (non-hydrogen) atoms. The molecule has 0 aromatic heterocycles. The van der Waals surface area contributed by atoms with E-state index in [0.717, 1.165) is 12.8 Å². The molecule has 1 saturated carbocycles. The summed E-state index contributed by atoms with van der Waals surface area (Å²) in [6.45, 7) is 4.18. The van der Waals surface area contributed by atoms with Crippen LogP contribution in [0.4, 0.5) is 0 Å². The first kappa shape index (κ1) is 16.3. The fraction of sp³-hybridized carbons (Fsp3) is 0.846. The third-order valence-corrected chi connectivity index (χ3v) is 4.08. The van der Waals surface area contributed by atoms with Crippen molar-refractivity contribution in [3.05, 3.63) is 0 Å². The lowest BCUT2D eigenvalue weighted by Gasteiger charge is -2.46. The van der Waals surface area contributed by atoms with Crippen LogP contribution in [-0.4, -0.2) is 56.3 Å². The van der Waals surface area contributed by atoms with Crippen LogP contribution in [0.5, 0.6) is 0 Å². The van der Waals surface area contributed by atoms with Crippen molar-refractivity contribution in [2.45, 2.75) is 19.8 Å². The van der Waals surface area contributed by atoms with E-state index in [0.29, 0.717) is 37.2 Å².